The maximum absolute atomic E-state index is 15.0. The van der Waals surface area contributed by atoms with Crippen molar-refractivity contribution in [2.75, 3.05) is 24.5 Å². The number of nitrogens with zero attached hydrogens (tertiary/aromatic N) is 5. The van der Waals surface area contributed by atoms with Crippen LogP contribution in [0.1, 0.15) is 37.0 Å². The molecule has 10 heteroatoms. The van der Waals surface area contributed by atoms with E-state index in [9.17, 15) is 19.1 Å². The Bertz CT molecular complexity index is 1750. The van der Waals surface area contributed by atoms with Gasteiger partial charge in [0, 0.05) is 31.2 Å². The number of fused-ring (bicyclic) bond motifs is 1. The Balaban J connectivity index is 1.81. The lowest BCUT2D eigenvalue weighted by Gasteiger charge is -2.40. The predicted octanol–water partition coefficient (Wildman–Crippen LogP) is 5.22. The number of benzene rings is 2. The maximum atomic E-state index is 15.0. The molecular weight excluding hydrogens is 557 g/mol. The molecule has 0 bridgehead atoms. The monoisotopic (exact) mass is 589 g/mol. The molecule has 1 amide bonds. The number of anilines is 1. The molecule has 1 saturated heterocycles. The quantitative estimate of drug-likeness (QED) is 0.297. The van der Waals surface area contributed by atoms with E-state index >= 15 is 0 Å². The summed E-state index contributed by atoms with van der Waals surface area (Å²) in [5, 5.41) is 10.6. The molecule has 0 radical (unpaired) electrons. The number of aryl methyl sites for hydroxylation is 2. The number of aliphatic hydroxyl groups is 1. The van der Waals surface area contributed by atoms with E-state index in [1.54, 1.807) is 29.2 Å². The van der Waals surface area contributed by atoms with Crippen LogP contribution >= 0.6 is 11.6 Å². The van der Waals surface area contributed by atoms with Crippen molar-refractivity contribution < 1.29 is 14.3 Å². The number of aromatic nitrogens is 3. The zero-order valence-electron chi connectivity index (χ0n) is 23.9. The lowest BCUT2D eigenvalue weighted by Crippen LogP contribution is -2.54. The number of carbonyl (C=O) groups is 1. The first-order valence-electron chi connectivity index (χ1n) is 14.0. The second-order valence-corrected chi connectivity index (χ2v) is 11.0. The first-order chi connectivity index (χ1) is 20.2. The number of rotatable bonds is 7. The summed E-state index contributed by atoms with van der Waals surface area (Å²) in [5.74, 6) is -0.235. The molecule has 1 atom stereocenters. The van der Waals surface area contributed by atoms with Crippen LogP contribution in [0.3, 0.4) is 0 Å². The number of aliphatic hydroxyl groups excluding tert-OH is 1. The van der Waals surface area contributed by atoms with E-state index in [-0.39, 0.29) is 34.8 Å². The summed E-state index contributed by atoms with van der Waals surface area (Å²) in [6, 6.07) is 11.5. The zero-order chi connectivity index (χ0) is 30.1. The van der Waals surface area contributed by atoms with E-state index in [4.69, 9.17) is 16.6 Å². The van der Waals surface area contributed by atoms with Crippen LogP contribution in [0.25, 0.3) is 28.0 Å². The van der Waals surface area contributed by atoms with Crippen molar-refractivity contribution in [3.63, 3.8) is 0 Å². The molecule has 218 valence electrons. The van der Waals surface area contributed by atoms with Gasteiger partial charge < -0.3 is 14.9 Å². The molecule has 1 N–H and O–H groups in total. The molecule has 5 rings (SSSR count). The summed E-state index contributed by atoms with van der Waals surface area (Å²) in [6.07, 6.45) is 2.76. The number of carbonyl (C=O) groups excluding carboxylic acids is 1. The summed E-state index contributed by atoms with van der Waals surface area (Å²) in [7, 11) is 0. The van der Waals surface area contributed by atoms with Crippen molar-refractivity contribution >= 4 is 34.4 Å². The highest BCUT2D eigenvalue weighted by atomic mass is 35.5. The third kappa shape index (κ3) is 5.30. The Kier molecular flexibility index (Phi) is 8.43. The minimum Gasteiger partial charge on any atom is -0.392 e. The summed E-state index contributed by atoms with van der Waals surface area (Å²) in [4.78, 5) is 39.4. The molecule has 1 aliphatic rings. The smallest absolute Gasteiger partial charge is 0.355 e. The largest absolute Gasteiger partial charge is 0.392 e. The number of hydrogen-bond acceptors (Lipinski definition) is 6. The average Bonchev–Trinajstić information content (AvgIpc) is 2.97. The van der Waals surface area contributed by atoms with E-state index in [1.165, 1.54) is 16.7 Å². The molecule has 2 aromatic heterocycles. The predicted molar refractivity (Wildman–Crippen MR) is 164 cm³/mol. The van der Waals surface area contributed by atoms with E-state index in [1.807, 2.05) is 37.8 Å². The number of pyridine rings is 1. The van der Waals surface area contributed by atoms with E-state index in [0.29, 0.717) is 48.6 Å². The Morgan fingerprint density at radius 3 is 2.64 bits per heavy atom. The second-order valence-electron chi connectivity index (χ2n) is 10.6. The van der Waals surface area contributed by atoms with Crippen molar-refractivity contribution in [1.29, 1.82) is 0 Å². The number of piperazine rings is 1. The zero-order valence-corrected chi connectivity index (χ0v) is 24.7. The molecule has 4 aromatic rings. The summed E-state index contributed by atoms with van der Waals surface area (Å²) >= 11 is 6.78. The first-order valence-corrected chi connectivity index (χ1v) is 14.4. The molecule has 1 fully saturated rings. The van der Waals surface area contributed by atoms with E-state index < -0.39 is 11.5 Å². The minimum atomic E-state index is -0.541. The van der Waals surface area contributed by atoms with Crippen LogP contribution in [0.2, 0.25) is 5.02 Å². The van der Waals surface area contributed by atoms with Crippen LogP contribution in [0.15, 0.2) is 59.9 Å². The van der Waals surface area contributed by atoms with Gasteiger partial charge in [-0.2, -0.15) is 4.98 Å². The fourth-order valence-electron chi connectivity index (χ4n) is 5.77. The van der Waals surface area contributed by atoms with Crippen molar-refractivity contribution in [3.8, 4) is 16.9 Å². The van der Waals surface area contributed by atoms with Crippen molar-refractivity contribution in [2.24, 2.45) is 0 Å². The Morgan fingerprint density at radius 2 is 1.98 bits per heavy atom. The second kappa shape index (κ2) is 12.0. The molecule has 8 nitrogen and oxygen atoms in total. The third-order valence-electron chi connectivity index (χ3n) is 7.68. The van der Waals surface area contributed by atoms with Crippen LogP contribution in [-0.2, 0) is 17.8 Å². The maximum Gasteiger partial charge on any atom is 0.355 e. The molecular formula is C32H33ClFN5O3. The topological polar surface area (TPSA) is 91.6 Å². The Morgan fingerprint density at radius 1 is 1.21 bits per heavy atom. The third-order valence-corrected chi connectivity index (χ3v) is 7.97. The molecule has 42 heavy (non-hydrogen) atoms. The normalized spacial score (nSPS) is 15.3. The molecule has 3 heterocycles. The molecule has 0 aliphatic carbocycles. The van der Waals surface area contributed by atoms with Crippen molar-refractivity contribution in [1.82, 2.24) is 19.4 Å². The van der Waals surface area contributed by atoms with Crippen LogP contribution in [0, 0.1) is 12.7 Å². The van der Waals surface area contributed by atoms with Gasteiger partial charge in [-0.05, 0) is 61.2 Å². The number of hydrogen-bond donors (Lipinski definition) is 1. The fraction of sp³-hybridized carbons (Fsp3) is 0.312. The number of halogens is 2. The van der Waals surface area contributed by atoms with Gasteiger partial charge in [-0.1, -0.05) is 55.8 Å². The van der Waals surface area contributed by atoms with Gasteiger partial charge in [-0.25, -0.2) is 18.7 Å². The summed E-state index contributed by atoms with van der Waals surface area (Å²) in [6.45, 7) is 10.6. The highest BCUT2D eigenvalue weighted by molar-refractivity contribution is 6.33. The molecule has 1 aliphatic heterocycles. The van der Waals surface area contributed by atoms with Crippen LogP contribution < -0.4 is 10.6 Å². The average molecular weight is 590 g/mol. The molecule has 2 aromatic carbocycles. The van der Waals surface area contributed by atoms with Crippen molar-refractivity contribution in [3.05, 3.63) is 93.1 Å². The number of amides is 1. The highest BCUT2D eigenvalue weighted by Gasteiger charge is 2.30. The van der Waals surface area contributed by atoms with Gasteiger partial charge in [0.1, 0.15) is 11.6 Å². The molecule has 0 unspecified atom stereocenters. The van der Waals surface area contributed by atoms with Gasteiger partial charge in [0.2, 0.25) is 5.91 Å². The molecule has 0 spiro atoms. The minimum absolute atomic E-state index is 0.131. The van der Waals surface area contributed by atoms with Crippen LogP contribution in [-0.4, -0.2) is 56.1 Å². The van der Waals surface area contributed by atoms with Gasteiger partial charge >= 0.3 is 5.69 Å². The van der Waals surface area contributed by atoms with Gasteiger partial charge in [-0.15, -0.1) is 0 Å². The summed E-state index contributed by atoms with van der Waals surface area (Å²) in [5.41, 5.74) is 3.20. The van der Waals surface area contributed by atoms with E-state index in [0.717, 1.165) is 23.1 Å². The van der Waals surface area contributed by atoms with Gasteiger partial charge in [-0.3, -0.25) is 4.79 Å². The van der Waals surface area contributed by atoms with Crippen molar-refractivity contribution in [2.45, 2.75) is 46.3 Å². The lowest BCUT2D eigenvalue weighted by molar-refractivity contribution is -0.126. The Labute approximate surface area is 248 Å². The Hall–Kier alpha value is -4.08. The van der Waals surface area contributed by atoms with Gasteiger partial charge in [0.15, 0.2) is 5.65 Å². The van der Waals surface area contributed by atoms with Gasteiger partial charge in [0.25, 0.3) is 0 Å². The van der Waals surface area contributed by atoms with Crippen LogP contribution in [0.5, 0.6) is 0 Å². The highest BCUT2D eigenvalue weighted by Crippen LogP contribution is 2.36. The van der Waals surface area contributed by atoms with Crippen LogP contribution in [0.4, 0.5) is 10.2 Å². The fourth-order valence-corrected chi connectivity index (χ4v) is 6.03. The van der Waals surface area contributed by atoms with E-state index in [2.05, 4.69) is 11.6 Å². The molecule has 0 saturated carbocycles. The van der Waals surface area contributed by atoms with Gasteiger partial charge in [0.05, 0.1) is 28.4 Å². The SMILES string of the molecule is C=CC(=O)N1CCN(c2nc(=O)n(-c3c(C)cc(CO)cc3CCC)c3nc(-c4ccccc4F)c(Cl)cc23)[C@@H](C)C1. The standard InChI is InChI=1S/C32H33ClFN5O3/c1-5-9-22-15-21(18-40)14-19(3)29(22)39-31-24(16-25(33)28(35-31)23-10-7-8-11-26(23)34)30(36-32(39)42)38-13-12-37(17-20(38)4)27(41)6-2/h6-8,10-11,14-16,20,40H,2,5,9,12-13,17-18H2,1,3-4H3/t20-/m0/s1. The summed E-state index contributed by atoms with van der Waals surface area (Å²) < 4.78 is 16.4. The first kappa shape index (κ1) is 29.4. The lowest BCUT2D eigenvalue weighted by atomic mass is 9.99.